The Balaban J connectivity index is 1.53. The Morgan fingerprint density at radius 1 is 1.07 bits per heavy atom. The fourth-order valence-electron chi connectivity index (χ4n) is 2.99. The number of sulfonamides is 1. The number of nitrogens with zero attached hydrogens (tertiary/aromatic N) is 2. The maximum absolute atomic E-state index is 13.4. The fraction of sp³-hybridized carbons (Fsp3) is 0.389. The highest BCUT2D eigenvalue weighted by Crippen LogP contribution is 2.20. The van der Waals surface area contributed by atoms with Crippen LogP contribution in [0.4, 0.5) is 8.78 Å². The molecular formula is C18H20F2N2O3S2. The van der Waals surface area contributed by atoms with Gasteiger partial charge in [0.2, 0.25) is 15.9 Å². The van der Waals surface area contributed by atoms with Crippen molar-refractivity contribution in [1.82, 2.24) is 9.21 Å². The average Bonchev–Trinajstić information content (AvgIpc) is 3.17. The fourth-order valence-corrected chi connectivity index (χ4v) is 5.18. The molecule has 0 saturated carbocycles. The molecule has 27 heavy (non-hydrogen) atoms. The molecule has 3 rings (SSSR count). The number of rotatable bonds is 6. The first-order chi connectivity index (χ1) is 12.9. The van der Waals surface area contributed by atoms with Gasteiger partial charge < -0.3 is 4.90 Å². The van der Waals surface area contributed by atoms with Gasteiger partial charge in [0, 0.05) is 37.5 Å². The normalized spacial score (nSPS) is 15.9. The summed E-state index contributed by atoms with van der Waals surface area (Å²) in [6.07, 6.45) is 2.04. The van der Waals surface area contributed by atoms with Crippen LogP contribution in [0, 0.1) is 11.6 Å². The zero-order chi connectivity index (χ0) is 19.4. The van der Waals surface area contributed by atoms with Crippen LogP contribution in [0.2, 0.25) is 0 Å². The standard InChI is InChI=1S/C18H20F2N2O3S2/c19-16-7-6-15(13-17(16)20)27(24,25)22-10-8-21(9-11-22)18(23)5-1-3-14-4-2-12-26-14/h2,4,6-7,12-13H,1,3,5,8-11H2. The summed E-state index contributed by atoms with van der Waals surface area (Å²) in [7, 11) is -3.91. The highest BCUT2D eigenvalue weighted by molar-refractivity contribution is 7.89. The van der Waals surface area contributed by atoms with Crippen LogP contribution < -0.4 is 0 Å². The van der Waals surface area contributed by atoms with E-state index in [4.69, 9.17) is 0 Å². The summed E-state index contributed by atoms with van der Waals surface area (Å²) in [5.74, 6) is -2.28. The topological polar surface area (TPSA) is 57.7 Å². The van der Waals surface area contributed by atoms with Crippen molar-refractivity contribution in [3.05, 3.63) is 52.2 Å². The second-order valence-electron chi connectivity index (χ2n) is 6.29. The third kappa shape index (κ3) is 4.72. The minimum absolute atomic E-state index is 0.0106. The Labute approximate surface area is 161 Å². The lowest BCUT2D eigenvalue weighted by atomic mass is 10.2. The zero-order valence-corrected chi connectivity index (χ0v) is 16.2. The molecule has 1 aliphatic rings. The molecule has 1 aromatic heterocycles. The molecule has 0 aliphatic carbocycles. The molecule has 0 unspecified atom stereocenters. The van der Waals surface area contributed by atoms with Crippen LogP contribution in [0.15, 0.2) is 40.6 Å². The van der Waals surface area contributed by atoms with E-state index in [1.807, 2.05) is 17.5 Å². The van der Waals surface area contributed by atoms with Crippen LogP contribution in [0.5, 0.6) is 0 Å². The number of halogens is 2. The second kappa shape index (κ2) is 8.45. The molecule has 1 amide bonds. The molecule has 0 atom stereocenters. The van der Waals surface area contributed by atoms with Gasteiger partial charge in [0.1, 0.15) is 0 Å². The molecule has 1 fully saturated rings. The summed E-state index contributed by atoms with van der Waals surface area (Å²) in [5.41, 5.74) is 0. The first-order valence-corrected chi connectivity index (χ1v) is 11.0. The molecule has 2 heterocycles. The van der Waals surface area contributed by atoms with Crippen molar-refractivity contribution in [3.8, 4) is 0 Å². The highest BCUT2D eigenvalue weighted by Gasteiger charge is 2.30. The van der Waals surface area contributed by atoms with Crippen LogP contribution in [-0.2, 0) is 21.2 Å². The highest BCUT2D eigenvalue weighted by atomic mass is 32.2. The van der Waals surface area contributed by atoms with Crippen molar-refractivity contribution in [2.45, 2.75) is 24.2 Å². The van der Waals surface area contributed by atoms with Gasteiger partial charge in [-0.05, 0) is 42.5 Å². The van der Waals surface area contributed by atoms with E-state index in [1.165, 1.54) is 9.18 Å². The number of thiophene rings is 1. The molecule has 1 aromatic carbocycles. The number of carbonyl (C=O) groups is 1. The van der Waals surface area contributed by atoms with E-state index < -0.39 is 21.7 Å². The Kier molecular flexibility index (Phi) is 6.23. The molecule has 1 aliphatic heterocycles. The van der Waals surface area contributed by atoms with Gasteiger partial charge in [-0.3, -0.25) is 4.79 Å². The van der Waals surface area contributed by atoms with E-state index in [9.17, 15) is 22.0 Å². The van der Waals surface area contributed by atoms with Crippen LogP contribution in [-0.4, -0.2) is 49.7 Å². The van der Waals surface area contributed by atoms with Crippen LogP contribution in [0.25, 0.3) is 0 Å². The van der Waals surface area contributed by atoms with Gasteiger partial charge in [-0.2, -0.15) is 4.31 Å². The third-order valence-electron chi connectivity index (χ3n) is 4.51. The predicted octanol–water partition coefficient (Wildman–Crippen LogP) is 2.88. The van der Waals surface area contributed by atoms with Gasteiger partial charge in [0.15, 0.2) is 11.6 Å². The van der Waals surface area contributed by atoms with Gasteiger partial charge in [0.05, 0.1) is 4.90 Å². The zero-order valence-electron chi connectivity index (χ0n) is 14.6. The van der Waals surface area contributed by atoms with Gasteiger partial charge in [-0.1, -0.05) is 6.07 Å². The second-order valence-corrected chi connectivity index (χ2v) is 9.26. The van der Waals surface area contributed by atoms with Crippen molar-refractivity contribution < 1.29 is 22.0 Å². The largest absolute Gasteiger partial charge is 0.340 e. The summed E-state index contributed by atoms with van der Waals surface area (Å²) >= 11 is 1.66. The molecule has 0 spiro atoms. The molecule has 1 saturated heterocycles. The maximum atomic E-state index is 13.4. The SMILES string of the molecule is O=C(CCCc1cccs1)N1CCN(S(=O)(=O)c2ccc(F)c(F)c2)CC1. The summed E-state index contributed by atoms with van der Waals surface area (Å²) in [6, 6.07) is 6.56. The van der Waals surface area contributed by atoms with E-state index in [-0.39, 0.29) is 23.9 Å². The molecule has 146 valence electrons. The van der Waals surface area contributed by atoms with Crippen LogP contribution in [0.1, 0.15) is 17.7 Å². The Bertz CT molecular complexity index is 893. The van der Waals surface area contributed by atoms with Gasteiger partial charge in [-0.15, -0.1) is 11.3 Å². The Morgan fingerprint density at radius 2 is 1.81 bits per heavy atom. The van der Waals surface area contributed by atoms with E-state index in [2.05, 4.69) is 0 Å². The lowest BCUT2D eigenvalue weighted by Gasteiger charge is -2.34. The van der Waals surface area contributed by atoms with E-state index in [0.29, 0.717) is 25.6 Å². The van der Waals surface area contributed by atoms with Crippen molar-refractivity contribution in [2.24, 2.45) is 0 Å². The smallest absolute Gasteiger partial charge is 0.243 e. The lowest BCUT2D eigenvalue weighted by Crippen LogP contribution is -2.50. The third-order valence-corrected chi connectivity index (χ3v) is 7.34. The molecule has 5 nitrogen and oxygen atoms in total. The van der Waals surface area contributed by atoms with Crippen molar-refractivity contribution in [2.75, 3.05) is 26.2 Å². The van der Waals surface area contributed by atoms with E-state index in [0.717, 1.165) is 25.0 Å². The monoisotopic (exact) mass is 414 g/mol. The molecular weight excluding hydrogens is 394 g/mol. The first-order valence-electron chi connectivity index (χ1n) is 8.63. The lowest BCUT2D eigenvalue weighted by molar-refractivity contribution is -0.132. The van der Waals surface area contributed by atoms with Gasteiger partial charge >= 0.3 is 0 Å². The van der Waals surface area contributed by atoms with Crippen molar-refractivity contribution in [3.63, 3.8) is 0 Å². The minimum atomic E-state index is -3.91. The predicted molar refractivity (Wildman–Crippen MR) is 99.0 cm³/mol. The van der Waals surface area contributed by atoms with E-state index >= 15 is 0 Å². The molecule has 9 heteroatoms. The quantitative estimate of drug-likeness (QED) is 0.730. The summed E-state index contributed by atoms with van der Waals surface area (Å²) < 4.78 is 52.7. The Morgan fingerprint density at radius 3 is 2.44 bits per heavy atom. The molecule has 0 bridgehead atoms. The average molecular weight is 414 g/mol. The number of benzene rings is 1. The van der Waals surface area contributed by atoms with Gasteiger partial charge in [-0.25, -0.2) is 17.2 Å². The van der Waals surface area contributed by atoms with Crippen molar-refractivity contribution >= 4 is 27.3 Å². The summed E-state index contributed by atoms with van der Waals surface area (Å²) in [4.78, 5) is 14.9. The first kappa shape index (κ1) is 19.9. The van der Waals surface area contributed by atoms with Crippen LogP contribution >= 0.6 is 11.3 Å². The van der Waals surface area contributed by atoms with E-state index in [1.54, 1.807) is 16.2 Å². The number of carbonyl (C=O) groups excluding carboxylic acids is 1. The number of hydrogen-bond acceptors (Lipinski definition) is 4. The maximum Gasteiger partial charge on any atom is 0.243 e. The summed E-state index contributed by atoms with van der Waals surface area (Å²) in [5, 5.41) is 2.00. The number of aryl methyl sites for hydroxylation is 1. The van der Waals surface area contributed by atoms with Gasteiger partial charge in [0.25, 0.3) is 0 Å². The Hall–Kier alpha value is -1.84. The minimum Gasteiger partial charge on any atom is -0.340 e. The van der Waals surface area contributed by atoms with Crippen LogP contribution in [0.3, 0.4) is 0 Å². The number of piperazine rings is 1. The molecule has 0 radical (unpaired) electrons. The summed E-state index contributed by atoms with van der Waals surface area (Å²) in [6.45, 7) is 0.859. The molecule has 2 aromatic rings. The van der Waals surface area contributed by atoms with Crippen molar-refractivity contribution in [1.29, 1.82) is 0 Å². The number of hydrogen-bond donors (Lipinski definition) is 0. The number of amides is 1. The molecule has 0 N–H and O–H groups in total.